The van der Waals surface area contributed by atoms with E-state index in [9.17, 15) is 14.4 Å². The Labute approximate surface area is 172 Å². The first kappa shape index (κ1) is 19.7. The highest BCUT2D eigenvalue weighted by atomic mass is 16.5. The first-order valence-electron chi connectivity index (χ1n) is 9.75. The van der Waals surface area contributed by atoms with E-state index in [-0.39, 0.29) is 12.5 Å². The minimum absolute atomic E-state index is 0.162. The first-order chi connectivity index (χ1) is 14.6. The topological polar surface area (TPSA) is 118 Å². The van der Waals surface area contributed by atoms with E-state index >= 15 is 0 Å². The number of hydrogen-bond donors (Lipinski definition) is 1. The van der Waals surface area contributed by atoms with Gasteiger partial charge < -0.3 is 23.4 Å². The lowest BCUT2D eigenvalue weighted by atomic mass is 9.95. The van der Waals surface area contributed by atoms with Crippen LogP contribution in [0.4, 0.5) is 0 Å². The van der Waals surface area contributed by atoms with E-state index in [0.717, 1.165) is 0 Å². The van der Waals surface area contributed by atoms with Crippen molar-refractivity contribution in [2.75, 3.05) is 32.8 Å². The number of guanidine groups is 1. The number of carbonyl (C=O) groups excluding carboxylic acids is 3. The second-order valence-corrected chi connectivity index (χ2v) is 6.89. The number of nitrogens with zero attached hydrogens (tertiary/aromatic N) is 3. The average molecular weight is 414 g/mol. The van der Waals surface area contributed by atoms with Crippen molar-refractivity contribution >= 4 is 23.7 Å². The number of carbonyl (C=O) groups is 3. The van der Waals surface area contributed by atoms with E-state index in [1.165, 1.54) is 12.5 Å². The quantitative estimate of drug-likeness (QED) is 0.587. The van der Waals surface area contributed by atoms with Crippen LogP contribution in [0.5, 0.6) is 0 Å². The van der Waals surface area contributed by atoms with Gasteiger partial charge in [-0.3, -0.25) is 19.7 Å². The zero-order valence-corrected chi connectivity index (χ0v) is 16.4. The summed E-state index contributed by atoms with van der Waals surface area (Å²) in [5.41, 5.74) is 0. The third-order valence-corrected chi connectivity index (χ3v) is 5.07. The molecule has 10 nitrogen and oxygen atoms in total. The molecule has 0 spiro atoms. The summed E-state index contributed by atoms with van der Waals surface area (Å²) < 4.78 is 15.7. The molecule has 0 saturated carbocycles. The van der Waals surface area contributed by atoms with Crippen molar-refractivity contribution in [1.82, 2.24) is 15.1 Å². The molecule has 2 aromatic heterocycles. The summed E-state index contributed by atoms with van der Waals surface area (Å²) in [7, 11) is 0. The molecule has 0 aromatic carbocycles. The molecule has 0 radical (unpaired) electrons. The SMILES string of the molecule is CCOC(=O)[C@H]1C(=O)NC(N2CCN(C(=O)c3ccco3)CC2)=N[C@H]1c1ccco1. The van der Waals surface area contributed by atoms with E-state index < -0.39 is 23.8 Å². The van der Waals surface area contributed by atoms with Crippen molar-refractivity contribution in [3.05, 3.63) is 48.3 Å². The molecule has 0 unspecified atom stereocenters. The van der Waals surface area contributed by atoms with Gasteiger partial charge in [0, 0.05) is 26.2 Å². The van der Waals surface area contributed by atoms with Gasteiger partial charge in [-0.2, -0.15) is 0 Å². The highest BCUT2D eigenvalue weighted by Crippen LogP contribution is 2.31. The van der Waals surface area contributed by atoms with Crippen LogP contribution in [0.3, 0.4) is 0 Å². The third-order valence-electron chi connectivity index (χ3n) is 5.07. The van der Waals surface area contributed by atoms with Crippen LogP contribution < -0.4 is 5.32 Å². The van der Waals surface area contributed by atoms with E-state index in [4.69, 9.17) is 13.6 Å². The normalized spacial score (nSPS) is 21.8. The molecular formula is C20H22N4O6. The second-order valence-electron chi connectivity index (χ2n) is 6.89. The molecule has 4 heterocycles. The third kappa shape index (κ3) is 3.80. The van der Waals surface area contributed by atoms with Crippen LogP contribution >= 0.6 is 0 Å². The summed E-state index contributed by atoms with van der Waals surface area (Å²) in [5, 5.41) is 2.71. The lowest BCUT2D eigenvalue weighted by Gasteiger charge is -2.38. The number of aliphatic imine (C=N–C) groups is 1. The Kier molecular flexibility index (Phi) is 5.55. The van der Waals surface area contributed by atoms with Crippen molar-refractivity contribution in [2.24, 2.45) is 10.9 Å². The average Bonchev–Trinajstić information content (AvgIpc) is 3.47. The van der Waals surface area contributed by atoms with Crippen LogP contribution in [-0.2, 0) is 14.3 Å². The fourth-order valence-electron chi connectivity index (χ4n) is 3.56. The maximum atomic E-state index is 12.8. The molecule has 1 saturated heterocycles. The van der Waals surface area contributed by atoms with Gasteiger partial charge in [-0.15, -0.1) is 0 Å². The Balaban J connectivity index is 1.50. The Morgan fingerprint density at radius 3 is 2.53 bits per heavy atom. The maximum absolute atomic E-state index is 12.8. The van der Waals surface area contributed by atoms with Gasteiger partial charge in [0.2, 0.25) is 11.9 Å². The Morgan fingerprint density at radius 1 is 1.17 bits per heavy atom. The van der Waals surface area contributed by atoms with E-state index in [1.807, 2.05) is 4.90 Å². The molecule has 4 rings (SSSR count). The maximum Gasteiger partial charge on any atom is 0.321 e. The summed E-state index contributed by atoms with van der Waals surface area (Å²) in [6.45, 7) is 3.68. The summed E-state index contributed by atoms with van der Waals surface area (Å²) in [5.74, 6) is -1.38. The zero-order chi connectivity index (χ0) is 21.1. The lowest BCUT2D eigenvalue weighted by molar-refractivity contribution is -0.153. The van der Waals surface area contributed by atoms with Crippen molar-refractivity contribution in [3.63, 3.8) is 0 Å². The molecule has 2 aliphatic rings. The number of furan rings is 2. The summed E-state index contributed by atoms with van der Waals surface area (Å²) >= 11 is 0. The predicted molar refractivity (Wildman–Crippen MR) is 103 cm³/mol. The molecule has 2 aliphatic heterocycles. The second kappa shape index (κ2) is 8.44. The molecule has 10 heteroatoms. The van der Waals surface area contributed by atoms with Crippen LogP contribution in [0, 0.1) is 5.92 Å². The van der Waals surface area contributed by atoms with Gasteiger partial charge >= 0.3 is 5.97 Å². The van der Waals surface area contributed by atoms with Crippen molar-refractivity contribution in [3.8, 4) is 0 Å². The number of ether oxygens (including phenoxy) is 1. The molecule has 2 atom stereocenters. The van der Waals surface area contributed by atoms with Crippen LogP contribution in [0.2, 0.25) is 0 Å². The molecule has 2 amide bonds. The van der Waals surface area contributed by atoms with Crippen molar-refractivity contribution in [1.29, 1.82) is 0 Å². The monoisotopic (exact) mass is 414 g/mol. The highest BCUT2D eigenvalue weighted by Gasteiger charge is 2.43. The molecule has 1 fully saturated rings. The predicted octanol–water partition coefficient (Wildman–Crippen LogP) is 1.04. The smallest absolute Gasteiger partial charge is 0.321 e. The number of rotatable bonds is 4. The Bertz CT molecular complexity index is 929. The number of esters is 1. The molecule has 2 aromatic rings. The van der Waals surface area contributed by atoms with Gasteiger partial charge in [-0.25, -0.2) is 4.99 Å². The van der Waals surface area contributed by atoms with E-state index in [1.54, 1.807) is 36.1 Å². The zero-order valence-electron chi connectivity index (χ0n) is 16.4. The minimum Gasteiger partial charge on any atom is -0.467 e. The Hall–Kier alpha value is -3.56. The van der Waals surface area contributed by atoms with Crippen LogP contribution in [0.1, 0.15) is 29.3 Å². The van der Waals surface area contributed by atoms with Crippen LogP contribution in [0.15, 0.2) is 50.6 Å². The van der Waals surface area contributed by atoms with Crippen molar-refractivity contribution in [2.45, 2.75) is 13.0 Å². The van der Waals surface area contributed by atoms with Crippen molar-refractivity contribution < 1.29 is 28.0 Å². The fourth-order valence-corrected chi connectivity index (χ4v) is 3.56. The standard InChI is InChI=1S/C20H22N4O6/c1-2-28-19(27)15-16(13-5-3-11-29-13)21-20(22-17(15)25)24-9-7-23(8-10-24)18(26)14-6-4-12-30-14/h3-6,11-12,15-16H,2,7-10H2,1H3,(H,21,22,25)/t15-,16+/m1/s1. The number of amides is 2. The highest BCUT2D eigenvalue weighted by molar-refractivity contribution is 6.08. The van der Waals surface area contributed by atoms with E-state index in [2.05, 4.69) is 10.3 Å². The first-order valence-corrected chi connectivity index (χ1v) is 9.75. The van der Waals surface area contributed by atoms with Gasteiger partial charge in [0.15, 0.2) is 11.7 Å². The molecule has 0 aliphatic carbocycles. The summed E-state index contributed by atoms with van der Waals surface area (Å²) in [6, 6.07) is 5.84. The van der Waals surface area contributed by atoms with Gasteiger partial charge in [-0.1, -0.05) is 0 Å². The minimum atomic E-state index is -1.12. The Morgan fingerprint density at radius 2 is 1.90 bits per heavy atom. The van der Waals surface area contributed by atoms with Gasteiger partial charge in [0.05, 0.1) is 19.1 Å². The number of hydrogen-bond acceptors (Lipinski definition) is 8. The lowest BCUT2D eigenvalue weighted by Crippen LogP contribution is -2.58. The summed E-state index contributed by atoms with van der Waals surface area (Å²) in [4.78, 5) is 45.7. The molecule has 30 heavy (non-hydrogen) atoms. The van der Waals surface area contributed by atoms with E-state index in [0.29, 0.717) is 43.7 Å². The van der Waals surface area contributed by atoms with Crippen LogP contribution in [-0.4, -0.2) is 66.3 Å². The van der Waals surface area contributed by atoms with Crippen LogP contribution in [0.25, 0.3) is 0 Å². The largest absolute Gasteiger partial charge is 0.467 e. The van der Waals surface area contributed by atoms with Gasteiger partial charge in [0.25, 0.3) is 5.91 Å². The number of nitrogens with one attached hydrogen (secondary N) is 1. The fraction of sp³-hybridized carbons (Fsp3) is 0.400. The number of piperazine rings is 1. The molecular weight excluding hydrogens is 392 g/mol. The molecule has 0 bridgehead atoms. The molecule has 158 valence electrons. The van der Waals surface area contributed by atoms with Gasteiger partial charge in [-0.05, 0) is 31.2 Å². The van der Waals surface area contributed by atoms with Gasteiger partial charge in [0.1, 0.15) is 11.8 Å². The summed E-state index contributed by atoms with van der Waals surface area (Å²) in [6.07, 6.45) is 2.93. The molecule has 1 N–H and O–H groups in total.